The van der Waals surface area contributed by atoms with Crippen molar-refractivity contribution in [3.8, 4) is 0 Å². The summed E-state index contributed by atoms with van der Waals surface area (Å²) in [4.78, 5) is 2.35. The second kappa shape index (κ2) is 7.77. The molecule has 2 aromatic rings. The van der Waals surface area contributed by atoms with E-state index >= 15 is 0 Å². The zero-order valence-corrected chi connectivity index (χ0v) is 14.0. The average Bonchev–Trinajstić information content (AvgIpc) is 2.56. The quantitative estimate of drug-likeness (QED) is 0.806. The third-order valence-electron chi connectivity index (χ3n) is 3.73. The van der Waals surface area contributed by atoms with Crippen molar-refractivity contribution in [1.29, 1.82) is 0 Å². The Balaban J connectivity index is 1.50. The predicted molar refractivity (Wildman–Crippen MR) is 92.2 cm³/mol. The molecule has 1 aliphatic heterocycles. The lowest BCUT2D eigenvalue weighted by atomic mass is 10.2. The lowest BCUT2D eigenvalue weighted by Gasteiger charge is -2.34. The summed E-state index contributed by atoms with van der Waals surface area (Å²) >= 11 is 3.53. The molecule has 1 aliphatic rings. The van der Waals surface area contributed by atoms with Gasteiger partial charge in [0.15, 0.2) is 0 Å². The van der Waals surface area contributed by atoms with Gasteiger partial charge < -0.3 is 14.4 Å². The molecule has 0 unspecified atom stereocenters. The number of nitrogens with zero attached hydrogens (tertiary/aromatic N) is 1. The van der Waals surface area contributed by atoms with E-state index in [1.165, 1.54) is 11.3 Å². The first kappa shape index (κ1) is 15.5. The lowest BCUT2D eigenvalue weighted by Crippen LogP contribution is -2.44. The Morgan fingerprint density at radius 3 is 2.82 bits per heavy atom. The van der Waals surface area contributed by atoms with Crippen molar-refractivity contribution >= 4 is 21.6 Å². The van der Waals surface area contributed by atoms with Crippen LogP contribution < -0.4 is 4.90 Å². The Labute approximate surface area is 140 Å². The highest BCUT2D eigenvalue weighted by molar-refractivity contribution is 9.10. The molecule has 116 valence electrons. The van der Waals surface area contributed by atoms with E-state index in [1.807, 2.05) is 24.3 Å². The van der Waals surface area contributed by atoms with E-state index in [4.69, 9.17) is 9.47 Å². The number of anilines is 1. The molecule has 0 bridgehead atoms. The Hall–Kier alpha value is -1.36. The molecule has 2 aromatic carbocycles. The Morgan fingerprint density at radius 2 is 2.00 bits per heavy atom. The van der Waals surface area contributed by atoms with Gasteiger partial charge in [-0.25, -0.2) is 0 Å². The molecule has 0 amide bonds. The molecule has 22 heavy (non-hydrogen) atoms. The summed E-state index contributed by atoms with van der Waals surface area (Å²) in [5.41, 5.74) is 2.42. The Bertz CT molecular complexity index is 591. The van der Waals surface area contributed by atoms with E-state index in [0.717, 1.165) is 24.2 Å². The zero-order chi connectivity index (χ0) is 15.2. The van der Waals surface area contributed by atoms with Crippen molar-refractivity contribution in [2.75, 3.05) is 31.2 Å². The molecule has 1 heterocycles. The van der Waals surface area contributed by atoms with Crippen molar-refractivity contribution < 1.29 is 9.47 Å². The number of morpholine rings is 1. The minimum atomic E-state index is 0.122. The summed E-state index contributed by atoms with van der Waals surface area (Å²) in [6.45, 7) is 3.79. The summed E-state index contributed by atoms with van der Waals surface area (Å²) in [7, 11) is 0. The first-order chi connectivity index (χ1) is 10.8. The third kappa shape index (κ3) is 4.32. The second-order valence-electron chi connectivity index (χ2n) is 5.42. The van der Waals surface area contributed by atoms with Crippen LogP contribution in [0.1, 0.15) is 5.56 Å². The van der Waals surface area contributed by atoms with Gasteiger partial charge in [-0.3, -0.25) is 0 Å². The third-order valence-corrected chi connectivity index (χ3v) is 4.22. The second-order valence-corrected chi connectivity index (χ2v) is 6.34. The van der Waals surface area contributed by atoms with E-state index in [0.29, 0.717) is 13.2 Å². The maximum atomic E-state index is 5.82. The summed E-state index contributed by atoms with van der Waals surface area (Å²) in [5.74, 6) is 0. The molecular formula is C18H20BrNO2. The van der Waals surface area contributed by atoms with Gasteiger partial charge >= 0.3 is 0 Å². The van der Waals surface area contributed by atoms with Crippen LogP contribution in [0.4, 0.5) is 5.69 Å². The van der Waals surface area contributed by atoms with Gasteiger partial charge in [0.25, 0.3) is 0 Å². The van der Waals surface area contributed by atoms with Crippen molar-refractivity contribution in [3.05, 3.63) is 64.6 Å². The summed E-state index contributed by atoms with van der Waals surface area (Å²) < 4.78 is 12.7. The van der Waals surface area contributed by atoms with E-state index < -0.39 is 0 Å². The first-order valence-electron chi connectivity index (χ1n) is 7.55. The molecule has 0 N–H and O–H groups in total. The molecule has 3 rings (SSSR count). The van der Waals surface area contributed by atoms with E-state index in [1.54, 1.807) is 0 Å². The fourth-order valence-electron chi connectivity index (χ4n) is 2.61. The Morgan fingerprint density at radius 1 is 1.14 bits per heavy atom. The maximum absolute atomic E-state index is 5.82. The van der Waals surface area contributed by atoms with Crippen LogP contribution in [0, 0.1) is 0 Å². The van der Waals surface area contributed by atoms with Crippen LogP contribution in [0.15, 0.2) is 59.1 Å². The molecule has 1 saturated heterocycles. The van der Waals surface area contributed by atoms with Crippen LogP contribution in [0.3, 0.4) is 0 Å². The van der Waals surface area contributed by atoms with Gasteiger partial charge in [0.1, 0.15) is 0 Å². The molecule has 4 heteroatoms. The molecule has 3 nitrogen and oxygen atoms in total. The molecule has 0 radical (unpaired) electrons. The smallest absolute Gasteiger partial charge is 0.0983 e. The fourth-order valence-corrected chi connectivity index (χ4v) is 3.00. The SMILES string of the molecule is Brc1cccc(N2CCO[C@H](COCc3ccccc3)C2)c1. The Kier molecular flexibility index (Phi) is 5.48. The predicted octanol–water partition coefficient (Wildman–Crippen LogP) is 3.87. The monoisotopic (exact) mass is 361 g/mol. The minimum absolute atomic E-state index is 0.122. The van der Waals surface area contributed by atoms with Gasteiger partial charge in [-0.15, -0.1) is 0 Å². The molecule has 1 fully saturated rings. The average molecular weight is 362 g/mol. The van der Waals surface area contributed by atoms with Crippen molar-refractivity contribution in [1.82, 2.24) is 0 Å². The molecule has 0 spiro atoms. The van der Waals surface area contributed by atoms with Crippen LogP contribution in [0.2, 0.25) is 0 Å². The van der Waals surface area contributed by atoms with Gasteiger partial charge in [0.05, 0.1) is 25.9 Å². The molecular weight excluding hydrogens is 342 g/mol. The largest absolute Gasteiger partial charge is 0.374 e. The fraction of sp³-hybridized carbons (Fsp3) is 0.333. The van der Waals surface area contributed by atoms with Gasteiger partial charge in [-0.2, -0.15) is 0 Å². The number of halogens is 1. The van der Waals surface area contributed by atoms with Gasteiger partial charge in [0.2, 0.25) is 0 Å². The van der Waals surface area contributed by atoms with Crippen LogP contribution in [0.25, 0.3) is 0 Å². The van der Waals surface area contributed by atoms with Crippen molar-refractivity contribution in [2.24, 2.45) is 0 Å². The maximum Gasteiger partial charge on any atom is 0.0983 e. The first-order valence-corrected chi connectivity index (χ1v) is 8.34. The lowest BCUT2D eigenvalue weighted by molar-refractivity contribution is -0.0283. The van der Waals surface area contributed by atoms with Gasteiger partial charge in [0, 0.05) is 23.2 Å². The number of benzene rings is 2. The molecule has 0 aromatic heterocycles. The number of ether oxygens (including phenoxy) is 2. The van der Waals surface area contributed by atoms with Crippen molar-refractivity contribution in [2.45, 2.75) is 12.7 Å². The van der Waals surface area contributed by atoms with Gasteiger partial charge in [-0.05, 0) is 23.8 Å². The highest BCUT2D eigenvalue weighted by Crippen LogP contribution is 2.22. The van der Waals surface area contributed by atoms with Crippen LogP contribution in [-0.2, 0) is 16.1 Å². The number of hydrogen-bond acceptors (Lipinski definition) is 3. The normalized spacial score (nSPS) is 18.4. The van der Waals surface area contributed by atoms with Crippen LogP contribution >= 0.6 is 15.9 Å². The van der Waals surface area contributed by atoms with E-state index in [9.17, 15) is 0 Å². The van der Waals surface area contributed by atoms with Crippen LogP contribution in [0.5, 0.6) is 0 Å². The standard InChI is InChI=1S/C18H20BrNO2/c19-16-7-4-8-17(11-16)20-9-10-22-18(12-20)14-21-13-15-5-2-1-3-6-15/h1-8,11,18H,9-10,12-14H2/t18-/m0/s1. The van der Waals surface area contributed by atoms with Gasteiger partial charge in [-0.1, -0.05) is 52.3 Å². The number of rotatable bonds is 5. The highest BCUT2D eigenvalue weighted by atomic mass is 79.9. The molecule has 1 atom stereocenters. The molecule has 0 aliphatic carbocycles. The van der Waals surface area contributed by atoms with E-state index in [2.05, 4.69) is 51.2 Å². The van der Waals surface area contributed by atoms with Crippen molar-refractivity contribution in [3.63, 3.8) is 0 Å². The van der Waals surface area contributed by atoms with E-state index in [-0.39, 0.29) is 6.10 Å². The highest BCUT2D eigenvalue weighted by Gasteiger charge is 2.21. The summed E-state index contributed by atoms with van der Waals surface area (Å²) in [5, 5.41) is 0. The minimum Gasteiger partial charge on any atom is -0.374 e. The van der Waals surface area contributed by atoms with Crippen LogP contribution in [-0.4, -0.2) is 32.4 Å². The summed E-state index contributed by atoms with van der Waals surface area (Å²) in [6, 6.07) is 18.6. The molecule has 0 saturated carbocycles. The number of hydrogen-bond donors (Lipinski definition) is 0. The topological polar surface area (TPSA) is 21.7 Å². The zero-order valence-electron chi connectivity index (χ0n) is 12.5. The summed E-state index contributed by atoms with van der Waals surface area (Å²) in [6.07, 6.45) is 0.122.